The highest BCUT2D eigenvalue weighted by molar-refractivity contribution is 7.93. The molecule has 1 aliphatic heterocycles. The molecule has 0 radical (unpaired) electrons. The molecule has 0 spiro atoms. The lowest BCUT2D eigenvalue weighted by Crippen LogP contribution is -2.31. The Kier molecular flexibility index (Phi) is 5.25. The first-order valence-electron chi connectivity index (χ1n) is 9.51. The van der Waals surface area contributed by atoms with Gasteiger partial charge in [-0.15, -0.1) is 17.9 Å². The standard InChI is InChI=1S/C20H23N3O3S2/c1-2-12-22(20-21-17-6-3-4-7-18(17)27-20)19(24)15-8-10-16(11-9-15)23-13-5-14-28(23,25)26/h2,8-11H,1,3-7,12-14H2. The smallest absolute Gasteiger partial charge is 0.260 e. The number of nitrogens with zero attached hydrogens (tertiary/aromatic N) is 3. The van der Waals surface area contributed by atoms with Crippen molar-refractivity contribution in [2.24, 2.45) is 0 Å². The van der Waals surface area contributed by atoms with Crippen molar-refractivity contribution in [3.8, 4) is 0 Å². The quantitative estimate of drug-likeness (QED) is 0.699. The van der Waals surface area contributed by atoms with E-state index in [0.29, 0.717) is 35.9 Å². The van der Waals surface area contributed by atoms with Crippen LogP contribution in [0.3, 0.4) is 0 Å². The summed E-state index contributed by atoms with van der Waals surface area (Å²) in [4.78, 5) is 20.8. The van der Waals surface area contributed by atoms with Crippen LogP contribution in [0.1, 0.15) is 40.2 Å². The van der Waals surface area contributed by atoms with E-state index in [2.05, 4.69) is 6.58 Å². The number of aryl methyl sites for hydroxylation is 2. The van der Waals surface area contributed by atoms with Gasteiger partial charge in [0.05, 0.1) is 17.1 Å². The molecule has 1 aromatic heterocycles. The van der Waals surface area contributed by atoms with Crippen molar-refractivity contribution in [1.29, 1.82) is 0 Å². The Bertz CT molecular complexity index is 973. The van der Waals surface area contributed by atoms with Crippen LogP contribution < -0.4 is 9.21 Å². The monoisotopic (exact) mass is 417 g/mol. The fraction of sp³-hybridized carbons (Fsp3) is 0.400. The third-order valence-electron chi connectivity index (χ3n) is 5.12. The first kappa shape index (κ1) is 19.1. The van der Waals surface area contributed by atoms with Gasteiger partial charge in [0.2, 0.25) is 10.0 Å². The molecular weight excluding hydrogens is 394 g/mol. The van der Waals surface area contributed by atoms with E-state index in [1.807, 2.05) is 0 Å². The maximum Gasteiger partial charge on any atom is 0.260 e. The van der Waals surface area contributed by atoms with E-state index in [1.54, 1.807) is 46.6 Å². The number of hydrogen-bond acceptors (Lipinski definition) is 5. The van der Waals surface area contributed by atoms with Gasteiger partial charge in [0.1, 0.15) is 0 Å². The Hall–Kier alpha value is -2.19. The van der Waals surface area contributed by atoms with Crippen molar-refractivity contribution in [2.75, 3.05) is 28.0 Å². The summed E-state index contributed by atoms with van der Waals surface area (Å²) < 4.78 is 25.6. The minimum absolute atomic E-state index is 0.151. The second kappa shape index (κ2) is 7.67. The topological polar surface area (TPSA) is 70.6 Å². The van der Waals surface area contributed by atoms with E-state index in [9.17, 15) is 13.2 Å². The third kappa shape index (κ3) is 3.58. The fourth-order valence-electron chi connectivity index (χ4n) is 3.69. The first-order valence-corrected chi connectivity index (χ1v) is 11.9. The van der Waals surface area contributed by atoms with Gasteiger partial charge < -0.3 is 0 Å². The van der Waals surface area contributed by atoms with Crippen LogP contribution in [0.15, 0.2) is 36.9 Å². The van der Waals surface area contributed by atoms with Crippen LogP contribution in [0.25, 0.3) is 0 Å². The number of anilines is 2. The normalized spacial score (nSPS) is 17.9. The molecule has 1 fully saturated rings. The lowest BCUT2D eigenvalue weighted by atomic mass is 10.0. The van der Waals surface area contributed by atoms with E-state index in [-0.39, 0.29) is 11.7 Å². The highest BCUT2D eigenvalue weighted by atomic mass is 32.2. The molecule has 6 nitrogen and oxygen atoms in total. The predicted octanol–water partition coefficient (Wildman–Crippen LogP) is 3.39. The molecule has 1 aromatic carbocycles. The molecule has 0 saturated carbocycles. The molecule has 28 heavy (non-hydrogen) atoms. The minimum atomic E-state index is -3.23. The molecule has 148 valence electrons. The zero-order valence-electron chi connectivity index (χ0n) is 15.6. The molecular formula is C20H23N3O3S2. The number of carbonyl (C=O) groups is 1. The molecule has 2 aromatic rings. The second-order valence-corrected chi connectivity index (χ2v) is 10.1. The van der Waals surface area contributed by atoms with Crippen LogP contribution in [0, 0.1) is 0 Å². The average molecular weight is 418 g/mol. The highest BCUT2D eigenvalue weighted by Gasteiger charge is 2.29. The number of thiazole rings is 1. The van der Waals surface area contributed by atoms with Gasteiger partial charge in [-0.25, -0.2) is 13.4 Å². The van der Waals surface area contributed by atoms with Crippen LogP contribution in [0.2, 0.25) is 0 Å². The van der Waals surface area contributed by atoms with Gasteiger partial charge >= 0.3 is 0 Å². The van der Waals surface area contributed by atoms with Gasteiger partial charge in [-0.2, -0.15) is 0 Å². The molecule has 8 heteroatoms. The van der Waals surface area contributed by atoms with Gasteiger partial charge in [0, 0.05) is 23.5 Å². The number of carbonyl (C=O) groups excluding carboxylic acids is 1. The summed E-state index contributed by atoms with van der Waals surface area (Å²) in [6, 6.07) is 6.79. The summed E-state index contributed by atoms with van der Waals surface area (Å²) in [5.41, 5.74) is 2.23. The lowest BCUT2D eigenvalue weighted by Gasteiger charge is -2.20. The fourth-order valence-corrected chi connectivity index (χ4v) is 6.41. The Morgan fingerprint density at radius 3 is 2.61 bits per heavy atom. The lowest BCUT2D eigenvalue weighted by molar-refractivity contribution is 0.0989. The number of aromatic nitrogens is 1. The number of amides is 1. The summed E-state index contributed by atoms with van der Waals surface area (Å²) in [6.07, 6.45) is 6.65. The van der Waals surface area contributed by atoms with Crippen molar-refractivity contribution in [1.82, 2.24) is 4.98 Å². The Morgan fingerprint density at radius 1 is 1.21 bits per heavy atom. The van der Waals surface area contributed by atoms with Crippen LogP contribution in [0.4, 0.5) is 10.8 Å². The van der Waals surface area contributed by atoms with E-state index < -0.39 is 10.0 Å². The van der Waals surface area contributed by atoms with Crippen molar-refractivity contribution in [3.63, 3.8) is 0 Å². The first-order chi connectivity index (χ1) is 13.5. The molecule has 1 aliphatic carbocycles. The van der Waals surface area contributed by atoms with E-state index in [0.717, 1.165) is 25.0 Å². The summed E-state index contributed by atoms with van der Waals surface area (Å²) >= 11 is 1.59. The zero-order chi connectivity index (χ0) is 19.7. The Labute approximate surface area is 169 Å². The summed E-state index contributed by atoms with van der Waals surface area (Å²) in [6.45, 7) is 4.65. The van der Waals surface area contributed by atoms with Gasteiger partial charge in [0.25, 0.3) is 5.91 Å². The van der Waals surface area contributed by atoms with Crippen molar-refractivity contribution in [3.05, 3.63) is 53.1 Å². The SMILES string of the molecule is C=CCN(C(=O)c1ccc(N2CCCS2(=O)=O)cc1)c1nc2c(s1)CCCC2. The van der Waals surface area contributed by atoms with Crippen LogP contribution in [-0.4, -0.2) is 38.2 Å². The molecule has 0 bridgehead atoms. The summed E-state index contributed by atoms with van der Waals surface area (Å²) in [5.74, 6) is 0.0250. The number of fused-ring (bicyclic) bond motifs is 1. The zero-order valence-corrected chi connectivity index (χ0v) is 17.3. The molecule has 2 aliphatic rings. The Balaban J connectivity index is 1.59. The van der Waals surface area contributed by atoms with Crippen molar-refractivity contribution < 1.29 is 13.2 Å². The molecule has 0 unspecified atom stereocenters. The van der Waals surface area contributed by atoms with E-state index in [4.69, 9.17) is 4.98 Å². The number of sulfonamides is 1. The van der Waals surface area contributed by atoms with E-state index >= 15 is 0 Å². The van der Waals surface area contributed by atoms with Crippen LogP contribution in [-0.2, 0) is 22.9 Å². The molecule has 0 N–H and O–H groups in total. The van der Waals surface area contributed by atoms with Crippen LogP contribution in [0.5, 0.6) is 0 Å². The van der Waals surface area contributed by atoms with Gasteiger partial charge in [-0.1, -0.05) is 6.08 Å². The molecule has 2 heterocycles. The van der Waals surface area contributed by atoms with Crippen molar-refractivity contribution in [2.45, 2.75) is 32.1 Å². The second-order valence-electron chi connectivity index (χ2n) is 7.07. The summed E-state index contributed by atoms with van der Waals surface area (Å²) in [5, 5.41) is 0.711. The maximum absolute atomic E-state index is 13.1. The third-order valence-corrected chi connectivity index (χ3v) is 8.17. The maximum atomic E-state index is 13.1. The molecule has 1 amide bonds. The van der Waals surface area contributed by atoms with Gasteiger partial charge in [-0.05, 0) is 56.4 Å². The molecule has 0 atom stereocenters. The summed E-state index contributed by atoms with van der Waals surface area (Å²) in [7, 11) is -3.23. The average Bonchev–Trinajstić information content (AvgIpc) is 3.28. The van der Waals surface area contributed by atoms with E-state index in [1.165, 1.54) is 15.6 Å². The highest BCUT2D eigenvalue weighted by Crippen LogP contribution is 2.33. The molecule has 4 rings (SSSR count). The van der Waals surface area contributed by atoms with Gasteiger partial charge in [0.15, 0.2) is 5.13 Å². The predicted molar refractivity (Wildman–Crippen MR) is 113 cm³/mol. The number of rotatable bonds is 5. The number of hydrogen-bond donors (Lipinski definition) is 0. The van der Waals surface area contributed by atoms with Crippen molar-refractivity contribution >= 4 is 38.1 Å². The van der Waals surface area contributed by atoms with Crippen LogP contribution >= 0.6 is 11.3 Å². The molecule has 1 saturated heterocycles. The Morgan fingerprint density at radius 2 is 1.96 bits per heavy atom. The number of benzene rings is 1. The largest absolute Gasteiger partial charge is 0.280 e. The van der Waals surface area contributed by atoms with Gasteiger partial charge in [-0.3, -0.25) is 14.0 Å². The minimum Gasteiger partial charge on any atom is -0.280 e.